The number of rotatable bonds is 6. The number of amides is 2. The van der Waals surface area contributed by atoms with Gasteiger partial charge in [0, 0.05) is 49.4 Å². The summed E-state index contributed by atoms with van der Waals surface area (Å²) in [6.45, 7) is 3.83. The van der Waals surface area contributed by atoms with Gasteiger partial charge in [-0.25, -0.2) is 8.78 Å². The van der Waals surface area contributed by atoms with Crippen LogP contribution in [0.25, 0.3) is 0 Å². The molecule has 1 saturated heterocycles. The molecule has 230 valence electrons. The van der Waals surface area contributed by atoms with Crippen molar-refractivity contribution in [1.29, 1.82) is 0 Å². The predicted octanol–water partition coefficient (Wildman–Crippen LogP) is 6.11. The SMILES string of the molecule is CC(=O)OC1CC(F)(F)C(OC(C)=O)c2ccccc2N1C(=O)c1ccc(NC(=O)c2ccccc2N2CCCCC2)cc1. The molecule has 0 radical (unpaired) electrons. The molecule has 0 aromatic heterocycles. The minimum Gasteiger partial charge on any atom is -0.451 e. The highest BCUT2D eigenvalue weighted by atomic mass is 19.3. The number of para-hydroxylation sites is 2. The van der Waals surface area contributed by atoms with Crippen molar-refractivity contribution < 1.29 is 37.4 Å². The van der Waals surface area contributed by atoms with E-state index in [9.17, 15) is 19.2 Å². The van der Waals surface area contributed by atoms with Crippen molar-refractivity contribution in [3.05, 3.63) is 89.5 Å². The molecule has 2 amide bonds. The van der Waals surface area contributed by atoms with Gasteiger partial charge < -0.3 is 19.7 Å². The van der Waals surface area contributed by atoms with E-state index in [0.29, 0.717) is 11.3 Å². The third kappa shape index (κ3) is 6.56. The zero-order chi connectivity index (χ0) is 31.4. The minimum atomic E-state index is -3.67. The molecular formula is C33H33F2N3O6. The van der Waals surface area contributed by atoms with Gasteiger partial charge in [-0.05, 0) is 61.7 Å². The monoisotopic (exact) mass is 605 g/mol. The van der Waals surface area contributed by atoms with Crippen molar-refractivity contribution in [2.45, 2.75) is 57.8 Å². The van der Waals surface area contributed by atoms with Gasteiger partial charge in [0.1, 0.15) is 0 Å². The second-order valence-electron chi connectivity index (χ2n) is 10.8. The molecule has 0 spiro atoms. The number of alkyl halides is 2. The Hall–Kier alpha value is -4.80. The average molecular weight is 606 g/mol. The number of carbonyl (C=O) groups is 4. The largest absolute Gasteiger partial charge is 0.451 e. The first-order valence-corrected chi connectivity index (χ1v) is 14.5. The maximum Gasteiger partial charge on any atom is 0.304 e. The van der Waals surface area contributed by atoms with E-state index in [1.165, 1.54) is 42.5 Å². The van der Waals surface area contributed by atoms with E-state index in [-0.39, 0.29) is 22.7 Å². The Morgan fingerprint density at radius 2 is 1.41 bits per heavy atom. The number of anilines is 3. The number of halogens is 2. The summed E-state index contributed by atoms with van der Waals surface area (Å²) in [5, 5.41) is 2.87. The van der Waals surface area contributed by atoms with Gasteiger partial charge in [0.25, 0.3) is 17.7 Å². The molecule has 2 unspecified atom stereocenters. The summed E-state index contributed by atoms with van der Waals surface area (Å²) in [6, 6.07) is 19.2. The van der Waals surface area contributed by atoms with Crippen molar-refractivity contribution >= 4 is 40.8 Å². The molecule has 1 fully saturated rings. The molecule has 5 rings (SSSR count). The number of hydrogen-bond acceptors (Lipinski definition) is 7. The predicted molar refractivity (Wildman–Crippen MR) is 160 cm³/mol. The topological polar surface area (TPSA) is 105 Å². The number of fused-ring (bicyclic) bond motifs is 1. The van der Waals surface area contributed by atoms with Crippen LogP contribution in [0.1, 0.15) is 71.9 Å². The third-order valence-electron chi connectivity index (χ3n) is 7.64. The number of hydrogen-bond donors (Lipinski definition) is 1. The summed E-state index contributed by atoms with van der Waals surface area (Å²) in [6.07, 6.45) is -1.51. The summed E-state index contributed by atoms with van der Waals surface area (Å²) in [7, 11) is 0. The molecule has 0 saturated carbocycles. The van der Waals surface area contributed by atoms with Gasteiger partial charge in [-0.1, -0.05) is 30.3 Å². The Balaban J connectivity index is 1.43. The highest BCUT2D eigenvalue weighted by Crippen LogP contribution is 2.47. The van der Waals surface area contributed by atoms with Gasteiger partial charge >= 0.3 is 11.9 Å². The first-order valence-electron chi connectivity index (χ1n) is 14.5. The second kappa shape index (κ2) is 12.8. The standard InChI is InChI=1S/C33H33F2N3O6/c1-21(39)43-29-20-33(34,35)30(44-22(2)40)25-10-4-7-13-28(25)38(29)32(42)23-14-16-24(17-15-23)36-31(41)26-11-5-6-12-27(26)37-18-8-3-9-19-37/h4-7,10-17,29-30H,3,8-9,18-20H2,1-2H3,(H,36,41). The lowest BCUT2D eigenvalue weighted by atomic mass is 10.0. The van der Waals surface area contributed by atoms with Crippen molar-refractivity contribution in [2.24, 2.45) is 0 Å². The van der Waals surface area contributed by atoms with Gasteiger partial charge in [0.15, 0.2) is 12.3 Å². The van der Waals surface area contributed by atoms with Crippen LogP contribution in [-0.2, 0) is 19.1 Å². The smallest absolute Gasteiger partial charge is 0.304 e. The van der Waals surface area contributed by atoms with Crippen LogP contribution in [0.3, 0.4) is 0 Å². The van der Waals surface area contributed by atoms with E-state index in [1.54, 1.807) is 18.2 Å². The number of nitrogens with one attached hydrogen (secondary N) is 1. The number of esters is 2. The molecule has 2 aliphatic rings. The fourth-order valence-electron chi connectivity index (χ4n) is 5.69. The molecule has 1 N–H and O–H groups in total. The van der Waals surface area contributed by atoms with Crippen molar-refractivity contribution in [2.75, 3.05) is 28.2 Å². The number of piperidine rings is 1. The normalized spacial score (nSPS) is 19.3. The summed E-state index contributed by atoms with van der Waals surface area (Å²) < 4.78 is 41.3. The first kappa shape index (κ1) is 30.7. The van der Waals surface area contributed by atoms with Crippen LogP contribution in [0, 0.1) is 0 Å². The average Bonchev–Trinajstić information content (AvgIpc) is 3.08. The van der Waals surface area contributed by atoms with Crippen LogP contribution in [0.2, 0.25) is 0 Å². The highest BCUT2D eigenvalue weighted by Gasteiger charge is 2.52. The lowest BCUT2D eigenvalue weighted by Gasteiger charge is -2.31. The summed E-state index contributed by atoms with van der Waals surface area (Å²) >= 11 is 0. The van der Waals surface area contributed by atoms with E-state index in [0.717, 1.165) is 56.8 Å². The molecule has 2 aliphatic heterocycles. The molecule has 3 aromatic carbocycles. The Bertz CT molecular complexity index is 1560. The molecule has 11 heteroatoms. The van der Waals surface area contributed by atoms with Crippen LogP contribution in [-0.4, -0.2) is 49.0 Å². The lowest BCUT2D eigenvalue weighted by Crippen LogP contribution is -2.45. The van der Waals surface area contributed by atoms with E-state index in [2.05, 4.69) is 10.2 Å². The molecule has 44 heavy (non-hydrogen) atoms. The fraction of sp³-hybridized carbons (Fsp3) is 0.333. The molecular weight excluding hydrogens is 572 g/mol. The maximum absolute atomic E-state index is 15.5. The molecule has 3 aromatic rings. The van der Waals surface area contributed by atoms with Gasteiger partial charge in [-0.15, -0.1) is 0 Å². The number of ether oxygens (including phenoxy) is 2. The second-order valence-corrected chi connectivity index (χ2v) is 10.8. The van der Waals surface area contributed by atoms with Crippen LogP contribution >= 0.6 is 0 Å². The molecule has 2 heterocycles. The van der Waals surface area contributed by atoms with Gasteiger partial charge in [-0.2, -0.15) is 0 Å². The van der Waals surface area contributed by atoms with Crippen LogP contribution in [0.4, 0.5) is 25.8 Å². The van der Waals surface area contributed by atoms with E-state index in [1.807, 2.05) is 12.1 Å². The Morgan fingerprint density at radius 1 is 0.795 bits per heavy atom. The van der Waals surface area contributed by atoms with Crippen molar-refractivity contribution in [1.82, 2.24) is 0 Å². The molecule has 2 atom stereocenters. The van der Waals surface area contributed by atoms with E-state index < -0.39 is 42.5 Å². The van der Waals surface area contributed by atoms with Crippen LogP contribution in [0.5, 0.6) is 0 Å². The Labute approximate surface area is 253 Å². The lowest BCUT2D eigenvalue weighted by molar-refractivity contribution is -0.181. The summed E-state index contributed by atoms with van der Waals surface area (Å²) in [5.74, 6) is -6.49. The zero-order valence-corrected chi connectivity index (χ0v) is 24.4. The van der Waals surface area contributed by atoms with Crippen LogP contribution in [0.15, 0.2) is 72.8 Å². The van der Waals surface area contributed by atoms with Gasteiger partial charge in [-0.3, -0.25) is 24.1 Å². The van der Waals surface area contributed by atoms with Crippen molar-refractivity contribution in [3.63, 3.8) is 0 Å². The first-order chi connectivity index (χ1) is 21.0. The van der Waals surface area contributed by atoms with E-state index in [4.69, 9.17) is 9.47 Å². The fourth-order valence-corrected chi connectivity index (χ4v) is 5.69. The van der Waals surface area contributed by atoms with Gasteiger partial charge in [0.05, 0.1) is 17.7 Å². The summed E-state index contributed by atoms with van der Waals surface area (Å²) in [5.41, 5.74) is 1.82. The third-order valence-corrected chi connectivity index (χ3v) is 7.64. The number of nitrogens with zero attached hydrogens (tertiary/aromatic N) is 2. The van der Waals surface area contributed by atoms with Crippen molar-refractivity contribution in [3.8, 4) is 0 Å². The van der Waals surface area contributed by atoms with Gasteiger partial charge in [0.2, 0.25) is 0 Å². The number of carbonyl (C=O) groups excluding carboxylic acids is 4. The number of benzene rings is 3. The maximum atomic E-state index is 15.5. The van der Waals surface area contributed by atoms with Crippen LogP contribution < -0.4 is 15.1 Å². The van der Waals surface area contributed by atoms with E-state index >= 15 is 8.78 Å². The molecule has 0 aliphatic carbocycles. The molecule has 9 nitrogen and oxygen atoms in total. The summed E-state index contributed by atoms with van der Waals surface area (Å²) in [4.78, 5) is 54.1. The zero-order valence-electron chi connectivity index (χ0n) is 24.4. The Morgan fingerprint density at radius 3 is 2.07 bits per heavy atom. The quantitative estimate of drug-likeness (QED) is 0.338. The minimum absolute atomic E-state index is 0.0128. The highest BCUT2D eigenvalue weighted by molar-refractivity contribution is 6.09. The molecule has 0 bridgehead atoms. The Kier molecular flexibility index (Phi) is 8.93.